The van der Waals surface area contributed by atoms with Crippen molar-refractivity contribution in [2.24, 2.45) is 0 Å². The molecule has 1 atom stereocenters. The highest BCUT2D eigenvalue weighted by Crippen LogP contribution is 2.31. The maximum atomic E-state index is 12.8. The second-order valence-corrected chi connectivity index (χ2v) is 7.87. The Balaban J connectivity index is 0.00000192. The smallest absolute Gasteiger partial charge is 0.243 e. The lowest BCUT2D eigenvalue weighted by Gasteiger charge is -2.31. The number of hydrogen-bond acceptors (Lipinski definition) is 4. The van der Waals surface area contributed by atoms with E-state index in [0.717, 1.165) is 11.3 Å². The number of piperazine rings is 1. The predicted molar refractivity (Wildman–Crippen MR) is 91.6 cm³/mol. The van der Waals surface area contributed by atoms with Crippen LogP contribution in [0, 0.1) is 0 Å². The van der Waals surface area contributed by atoms with Crippen molar-refractivity contribution in [3.8, 4) is 0 Å². The Morgan fingerprint density at radius 2 is 2.04 bits per heavy atom. The Kier molecular flexibility index (Phi) is 5.35. The van der Waals surface area contributed by atoms with Gasteiger partial charge in [-0.25, -0.2) is 8.42 Å². The Morgan fingerprint density at radius 1 is 1.30 bits per heavy atom. The number of sulfonamides is 1. The number of nitrogens with zero attached hydrogens (tertiary/aromatic N) is 2. The van der Waals surface area contributed by atoms with E-state index in [-0.39, 0.29) is 24.4 Å². The molecular formula is C15H22ClN3O3S. The number of anilines is 1. The van der Waals surface area contributed by atoms with Crippen LogP contribution in [-0.4, -0.2) is 50.9 Å². The molecule has 0 aromatic heterocycles. The van der Waals surface area contributed by atoms with Crippen molar-refractivity contribution in [2.45, 2.75) is 31.2 Å². The predicted octanol–water partition coefficient (Wildman–Crippen LogP) is 1.000. The second-order valence-electron chi connectivity index (χ2n) is 5.93. The SMILES string of the molecule is CC(=O)N1CCc2cc(S(=O)(=O)N3CCN[C@@H](C)C3)ccc21.Cl. The molecule has 23 heavy (non-hydrogen) atoms. The zero-order valence-corrected chi connectivity index (χ0v) is 14.9. The van der Waals surface area contributed by atoms with E-state index in [4.69, 9.17) is 0 Å². The summed E-state index contributed by atoms with van der Waals surface area (Å²) in [5.41, 5.74) is 1.76. The third-order valence-corrected chi connectivity index (χ3v) is 6.16. The minimum atomic E-state index is -3.46. The molecule has 0 bridgehead atoms. The number of nitrogens with one attached hydrogen (secondary N) is 1. The van der Waals surface area contributed by atoms with Crippen molar-refractivity contribution in [1.29, 1.82) is 0 Å². The normalized spacial score (nSPS) is 21.7. The summed E-state index contributed by atoms with van der Waals surface area (Å²) in [6.07, 6.45) is 0.705. The third-order valence-electron chi connectivity index (χ3n) is 4.30. The van der Waals surface area contributed by atoms with Crippen molar-refractivity contribution < 1.29 is 13.2 Å². The fourth-order valence-corrected chi connectivity index (χ4v) is 4.71. The van der Waals surface area contributed by atoms with Gasteiger partial charge in [-0.05, 0) is 37.1 Å². The Bertz CT molecular complexity index is 708. The highest BCUT2D eigenvalue weighted by Gasteiger charge is 2.30. The molecule has 8 heteroatoms. The summed E-state index contributed by atoms with van der Waals surface area (Å²) in [6.45, 7) is 5.78. The molecule has 1 N–H and O–H groups in total. The number of rotatable bonds is 2. The van der Waals surface area contributed by atoms with E-state index < -0.39 is 10.0 Å². The van der Waals surface area contributed by atoms with Crippen LogP contribution < -0.4 is 10.2 Å². The zero-order chi connectivity index (χ0) is 15.9. The van der Waals surface area contributed by atoms with Crippen molar-refractivity contribution in [2.75, 3.05) is 31.1 Å². The van der Waals surface area contributed by atoms with Gasteiger partial charge in [-0.15, -0.1) is 12.4 Å². The fourth-order valence-electron chi connectivity index (χ4n) is 3.13. The molecule has 1 fully saturated rings. The highest BCUT2D eigenvalue weighted by molar-refractivity contribution is 7.89. The quantitative estimate of drug-likeness (QED) is 0.855. The monoisotopic (exact) mass is 359 g/mol. The topological polar surface area (TPSA) is 69.7 Å². The Hall–Kier alpha value is -1.15. The number of carbonyl (C=O) groups excluding carboxylic acids is 1. The Morgan fingerprint density at radius 3 is 2.70 bits per heavy atom. The maximum Gasteiger partial charge on any atom is 0.243 e. The summed E-state index contributed by atoms with van der Waals surface area (Å²) < 4.78 is 27.1. The zero-order valence-electron chi connectivity index (χ0n) is 13.3. The van der Waals surface area contributed by atoms with Crippen molar-refractivity contribution in [3.05, 3.63) is 23.8 Å². The lowest BCUT2D eigenvalue weighted by molar-refractivity contribution is -0.116. The standard InChI is InChI=1S/C15H21N3O3S.ClH/c1-11-10-17(8-6-16-11)22(20,21)14-3-4-15-13(9-14)5-7-18(15)12(2)19;/h3-4,9,11,16H,5-8,10H2,1-2H3;1H/t11-;/m0./s1. The first-order valence-electron chi connectivity index (χ1n) is 7.54. The van der Waals surface area contributed by atoms with Gasteiger partial charge in [0, 0.05) is 44.8 Å². The van der Waals surface area contributed by atoms with Gasteiger partial charge in [-0.1, -0.05) is 0 Å². The molecule has 0 radical (unpaired) electrons. The summed E-state index contributed by atoms with van der Waals surface area (Å²) >= 11 is 0. The molecule has 1 aromatic carbocycles. The summed E-state index contributed by atoms with van der Waals surface area (Å²) in [7, 11) is -3.46. The van der Waals surface area contributed by atoms with E-state index in [9.17, 15) is 13.2 Å². The first kappa shape index (κ1) is 18.2. The second kappa shape index (κ2) is 6.76. The number of amides is 1. The van der Waals surface area contributed by atoms with Gasteiger partial charge >= 0.3 is 0 Å². The van der Waals surface area contributed by atoms with E-state index in [2.05, 4.69) is 5.32 Å². The van der Waals surface area contributed by atoms with E-state index in [1.54, 1.807) is 23.1 Å². The Labute approximate surface area is 143 Å². The molecule has 128 valence electrons. The molecule has 1 amide bonds. The molecule has 1 saturated heterocycles. The largest absolute Gasteiger partial charge is 0.312 e. The van der Waals surface area contributed by atoms with Crippen molar-refractivity contribution in [1.82, 2.24) is 9.62 Å². The maximum absolute atomic E-state index is 12.8. The van der Waals surface area contributed by atoms with Gasteiger partial charge in [0.2, 0.25) is 15.9 Å². The van der Waals surface area contributed by atoms with Gasteiger partial charge in [-0.3, -0.25) is 4.79 Å². The van der Waals surface area contributed by atoms with Gasteiger partial charge in [0.15, 0.2) is 0 Å². The first-order chi connectivity index (χ1) is 10.4. The minimum absolute atomic E-state index is 0. The number of carbonyl (C=O) groups is 1. The van der Waals surface area contributed by atoms with Crippen LogP contribution in [0.3, 0.4) is 0 Å². The molecule has 0 aliphatic carbocycles. The van der Waals surface area contributed by atoms with Crippen molar-refractivity contribution >= 4 is 34.0 Å². The molecule has 2 aliphatic rings. The van der Waals surface area contributed by atoms with Gasteiger partial charge in [0.1, 0.15) is 0 Å². The van der Waals surface area contributed by atoms with E-state index in [0.29, 0.717) is 37.5 Å². The molecule has 0 spiro atoms. The highest BCUT2D eigenvalue weighted by atomic mass is 35.5. The van der Waals surface area contributed by atoms with Crippen LogP contribution in [-0.2, 0) is 21.2 Å². The molecule has 1 aromatic rings. The number of fused-ring (bicyclic) bond motifs is 1. The number of hydrogen-bond donors (Lipinski definition) is 1. The van der Waals surface area contributed by atoms with E-state index in [1.165, 1.54) is 11.2 Å². The molecule has 0 unspecified atom stereocenters. The van der Waals surface area contributed by atoms with Crippen LogP contribution in [0.5, 0.6) is 0 Å². The van der Waals surface area contributed by atoms with Gasteiger partial charge in [0.25, 0.3) is 0 Å². The molecule has 6 nitrogen and oxygen atoms in total. The third kappa shape index (κ3) is 3.38. The van der Waals surface area contributed by atoms with Crippen LogP contribution in [0.15, 0.2) is 23.1 Å². The molecular weight excluding hydrogens is 338 g/mol. The number of halogens is 1. The van der Waals surface area contributed by atoms with Crippen LogP contribution in [0.2, 0.25) is 0 Å². The van der Waals surface area contributed by atoms with E-state index >= 15 is 0 Å². The molecule has 2 aliphatic heterocycles. The summed E-state index contributed by atoms with van der Waals surface area (Å²) in [5.74, 6) is -0.00899. The average molecular weight is 360 g/mol. The first-order valence-corrected chi connectivity index (χ1v) is 8.98. The minimum Gasteiger partial charge on any atom is -0.312 e. The van der Waals surface area contributed by atoms with Gasteiger partial charge in [0.05, 0.1) is 4.90 Å². The molecule has 3 rings (SSSR count). The summed E-state index contributed by atoms with van der Waals surface area (Å²) in [6, 6.07) is 5.25. The lowest BCUT2D eigenvalue weighted by Crippen LogP contribution is -2.51. The van der Waals surface area contributed by atoms with Crippen LogP contribution >= 0.6 is 12.4 Å². The summed E-state index contributed by atoms with van der Waals surface area (Å²) in [4.78, 5) is 13.6. The van der Waals surface area contributed by atoms with Gasteiger partial charge < -0.3 is 10.2 Å². The lowest BCUT2D eigenvalue weighted by atomic mass is 10.2. The fraction of sp³-hybridized carbons (Fsp3) is 0.533. The molecule has 0 saturated carbocycles. The number of benzene rings is 1. The van der Waals surface area contributed by atoms with Crippen LogP contribution in [0.4, 0.5) is 5.69 Å². The molecule has 2 heterocycles. The average Bonchev–Trinajstić information content (AvgIpc) is 2.90. The summed E-state index contributed by atoms with van der Waals surface area (Å²) in [5, 5.41) is 3.25. The van der Waals surface area contributed by atoms with Crippen LogP contribution in [0.25, 0.3) is 0 Å². The van der Waals surface area contributed by atoms with Crippen molar-refractivity contribution in [3.63, 3.8) is 0 Å². The van der Waals surface area contributed by atoms with Crippen LogP contribution in [0.1, 0.15) is 19.4 Å². The van der Waals surface area contributed by atoms with E-state index in [1.807, 2.05) is 6.92 Å². The van der Waals surface area contributed by atoms with Gasteiger partial charge in [-0.2, -0.15) is 4.31 Å².